The molecule has 14 heteroatoms. The Morgan fingerprint density at radius 3 is 1.11 bits per heavy atom. The van der Waals surface area contributed by atoms with Crippen molar-refractivity contribution in [1.82, 2.24) is 5.32 Å². The molecule has 2 rings (SSSR count). The fraction of sp³-hybridized carbons (Fsp3) is 0.932. The second kappa shape index (κ2) is 59.2. The number of ether oxygens (including phenoxy) is 4. The van der Waals surface area contributed by atoms with Crippen molar-refractivity contribution in [2.45, 2.75) is 421 Å². The third-order valence-electron chi connectivity index (χ3n) is 18.6. The van der Waals surface area contributed by atoms with Gasteiger partial charge in [-0.25, -0.2) is 0 Å². The molecule has 9 N–H and O–H groups in total. The number of allylic oxidation sites excluding steroid dienone is 3. The molecule has 12 unspecified atom stereocenters. The van der Waals surface area contributed by atoms with Crippen LogP contribution in [0.25, 0.3) is 0 Å². The van der Waals surface area contributed by atoms with E-state index in [2.05, 4.69) is 31.3 Å². The van der Waals surface area contributed by atoms with Crippen molar-refractivity contribution in [3.8, 4) is 0 Å². The van der Waals surface area contributed by atoms with Crippen molar-refractivity contribution in [2.24, 2.45) is 0 Å². The van der Waals surface area contributed by atoms with Gasteiger partial charge in [0.25, 0.3) is 0 Å². The zero-order valence-electron chi connectivity index (χ0n) is 56.7. The molecule has 0 bridgehead atoms. The molecular formula is C74H141NO13. The lowest BCUT2D eigenvalue weighted by Gasteiger charge is -2.46. The van der Waals surface area contributed by atoms with E-state index < -0.39 is 86.8 Å². The first-order valence-electron chi connectivity index (χ1n) is 37.6. The van der Waals surface area contributed by atoms with E-state index in [4.69, 9.17) is 18.9 Å². The average Bonchev–Trinajstić information content (AvgIpc) is 2.54. The number of aliphatic hydroxyl groups is 8. The highest BCUT2D eigenvalue weighted by Gasteiger charge is 2.51. The van der Waals surface area contributed by atoms with E-state index >= 15 is 0 Å². The smallest absolute Gasteiger partial charge is 0.220 e. The second-order valence-electron chi connectivity index (χ2n) is 26.8. The number of nitrogens with one attached hydrogen (secondary N) is 1. The van der Waals surface area contributed by atoms with Crippen LogP contribution in [0.2, 0.25) is 0 Å². The molecule has 1 amide bonds. The predicted octanol–water partition coefficient (Wildman–Crippen LogP) is 15.9. The number of hydrogen-bond donors (Lipinski definition) is 9. The Bertz CT molecular complexity index is 1570. The summed E-state index contributed by atoms with van der Waals surface area (Å²) in [5.74, 6) is -0.241. The lowest BCUT2D eigenvalue weighted by Crippen LogP contribution is -2.65. The van der Waals surface area contributed by atoms with Gasteiger partial charge in [-0.05, 0) is 32.1 Å². The van der Waals surface area contributed by atoms with Crippen molar-refractivity contribution in [3.05, 3.63) is 24.3 Å². The second-order valence-corrected chi connectivity index (χ2v) is 26.8. The maximum absolute atomic E-state index is 13.3. The van der Waals surface area contributed by atoms with Crippen molar-refractivity contribution in [2.75, 3.05) is 19.8 Å². The van der Waals surface area contributed by atoms with Crippen LogP contribution < -0.4 is 5.32 Å². The molecule has 2 saturated heterocycles. The van der Waals surface area contributed by atoms with Crippen molar-refractivity contribution in [3.63, 3.8) is 0 Å². The molecule has 2 fully saturated rings. The van der Waals surface area contributed by atoms with E-state index in [0.717, 1.165) is 32.1 Å². The van der Waals surface area contributed by atoms with Gasteiger partial charge in [0.1, 0.15) is 48.8 Å². The number of rotatable bonds is 63. The molecule has 0 aliphatic carbocycles. The topological polar surface area (TPSA) is 228 Å². The average molecular weight is 1250 g/mol. The third-order valence-corrected chi connectivity index (χ3v) is 18.6. The summed E-state index contributed by atoms with van der Waals surface area (Å²) in [5.41, 5.74) is 0. The minimum Gasteiger partial charge on any atom is -0.394 e. The van der Waals surface area contributed by atoms with Crippen LogP contribution in [0, 0.1) is 0 Å². The van der Waals surface area contributed by atoms with E-state index in [9.17, 15) is 45.6 Å². The maximum atomic E-state index is 13.3. The number of amides is 1. The van der Waals surface area contributed by atoms with E-state index in [0.29, 0.717) is 12.8 Å². The highest BCUT2D eigenvalue weighted by Crippen LogP contribution is 2.30. The summed E-state index contributed by atoms with van der Waals surface area (Å²) in [6.07, 6.45) is 58.2. The van der Waals surface area contributed by atoms with Gasteiger partial charge in [0.2, 0.25) is 5.91 Å². The van der Waals surface area contributed by atoms with Gasteiger partial charge >= 0.3 is 0 Å². The Balaban J connectivity index is 1.66. The summed E-state index contributed by atoms with van der Waals surface area (Å²) in [4.78, 5) is 13.3. The first kappa shape index (κ1) is 82.6. The molecule has 0 aromatic heterocycles. The number of unbranched alkanes of at least 4 members (excludes halogenated alkanes) is 48. The largest absolute Gasteiger partial charge is 0.394 e. The van der Waals surface area contributed by atoms with Crippen LogP contribution in [-0.4, -0.2) is 140 Å². The van der Waals surface area contributed by atoms with E-state index in [1.165, 1.54) is 283 Å². The van der Waals surface area contributed by atoms with Gasteiger partial charge in [0, 0.05) is 6.42 Å². The summed E-state index contributed by atoms with van der Waals surface area (Å²) in [7, 11) is 0. The third kappa shape index (κ3) is 42.6. The molecule has 0 radical (unpaired) electrons. The van der Waals surface area contributed by atoms with Crippen LogP contribution in [0.5, 0.6) is 0 Å². The molecular weight excluding hydrogens is 1110 g/mol. The standard InChI is InChI=1S/C74H141NO13/c1-3-5-7-9-11-13-15-17-19-21-23-25-27-29-31-32-33-35-37-39-41-43-45-47-49-51-53-55-57-63(78)62(61-85-73-71(84)69(82)72(65(60-77)87-73)88-74-70(83)68(81)67(80)64(59-76)86-74)75-66(79)58-56-54-52-50-48-46-44-42-40-38-36-34-30-28-26-24-22-20-18-16-14-12-10-8-6-4-2/h47,49,55,57,62-65,67-74,76-78,80-84H,3-46,48,50-54,56,58-61H2,1-2H3,(H,75,79)/b49-47+,57-55+. The monoisotopic (exact) mass is 1250 g/mol. The molecule has 0 aromatic rings. The highest BCUT2D eigenvalue weighted by atomic mass is 16.7. The van der Waals surface area contributed by atoms with Crippen molar-refractivity contribution in [1.29, 1.82) is 0 Å². The molecule has 0 saturated carbocycles. The summed E-state index contributed by atoms with van der Waals surface area (Å²) < 4.78 is 22.9. The van der Waals surface area contributed by atoms with E-state index in [1.807, 2.05) is 6.08 Å². The van der Waals surface area contributed by atoms with Crippen LogP contribution >= 0.6 is 0 Å². The quantitative estimate of drug-likeness (QED) is 0.0204. The first-order chi connectivity index (χ1) is 43.1. The Kier molecular flexibility index (Phi) is 55.6. The molecule has 88 heavy (non-hydrogen) atoms. The van der Waals surface area contributed by atoms with Gasteiger partial charge in [-0.3, -0.25) is 4.79 Å². The van der Waals surface area contributed by atoms with Gasteiger partial charge in [-0.15, -0.1) is 0 Å². The van der Waals surface area contributed by atoms with E-state index in [-0.39, 0.29) is 18.9 Å². The van der Waals surface area contributed by atoms with Gasteiger partial charge < -0.3 is 65.1 Å². The van der Waals surface area contributed by atoms with Crippen LogP contribution in [0.1, 0.15) is 348 Å². The first-order valence-corrected chi connectivity index (χ1v) is 37.6. The number of hydrogen-bond acceptors (Lipinski definition) is 13. The number of aliphatic hydroxyl groups excluding tert-OH is 8. The zero-order valence-corrected chi connectivity index (χ0v) is 56.7. The maximum Gasteiger partial charge on any atom is 0.220 e. The van der Waals surface area contributed by atoms with Crippen molar-refractivity contribution >= 4 is 5.91 Å². The fourth-order valence-electron chi connectivity index (χ4n) is 12.7. The SMILES string of the molecule is CCCCCCCCCCCCCCCCCCCCCCCC/C=C/CC/C=C/C(O)C(COC1OC(CO)C(OC2OC(CO)C(O)C(O)C2O)C(O)C1O)NC(=O)CCCCCCCCCCCCCCCCCCCCCCCCCCCC. The number of carbonyl (C=O) groups excluding carboxylic acids is 1. The summed E-state index contributed by atoms with van der Waals surface area (Å²) in [6, 6.07) is -0.930. The summed E-state index contributed by atoms with van der Waals surface area (Å²) >= 11 is 0. The molecule has 0 aromatic carbocycles. The highest BCUT2D eigenvalue weighted by molar-refractivity contribution is 5.76. The minimum atomic E-state index is -1.79. The van der Waals surface area contributed by atoms with Gasteiger partial charge in [0.05, 0.1) is 32.0 Å². The van der Waals surface area contributed by atoms with Crippen molar-refractivity contribution < 1.29 is 64.6 Å². The van der Waals surface area contributed by atoms with Gasteiger partial charge in [0.15, 0.2) is 12.6 Å². The molecule has 2 heterocycles. The normalized spacial score (nSPS) is 23.2. The Morgan fingerprint density at radius 1 is 0.398 bits per heavy atom. The molecule has 520 valence electrons. The lowest BCUT2D eigenvalue weighted by atomic mass is 9.97. The van der Waals surface area contributed by atoms with Crippen LogP contribution in [-0.2, 0) is 23.7 Å². The fourth-order valence-corrected chi connectivity index (χ4v) is 12.7. The Hall–Kier alpha value is -1.53. The Morgan fingerprint density at radius 2 is 0.727 bits per heavy atom. The molecule has 2 aliphatic rings. The van der Waals surface area contributed by atoms with Crippen LogP contribution in [0.15, 0.2) is 24.3 Å². The van der Waals surface area contributed by atoms with Crippen LogP contribution in [0.4, 0.5) is 0 Å². The number of carbonyl (C=O) groups is 1. The summed E-state index contributed by atoms with van der Waals surface area (Å²) in [5, 5.41) is 87.5. The summed E-state index contributed by atoms with van der Waals surface area (Å²) in [6.45, 7) is 2.85. The van der Waals surface area contributed by atoms with Crippen LogP contribution in [0.3, 0.4) is 0 Å². The Labute approximate surface area is 539 Å². The zero-order chi connectivity index (χ0) is 63.8. The van der Waals surface area contributed by atoms with Gasteiger partial charge in [-0.2, -0.15) is 0 Å². The van der Waals surface area contributed by atoms with E-state index in [1.54, 1.807) is 6.08 Å². The molecule has 0 spiro atoms. The molecule has 12 atom stereocenters. The predicted molar refractivity (Wildman–Crippen MR) is 360 cm³/mol. The molecule has 14 nitrogen and oxygen atoms in total. The molecule has 2 aliphatic heterocycles. The minimum absolute atomic E-state index is 0.241. The lowest BCUT2D eigenvalue weighted by molar-refractivity contribution is -0.359. The van der Waals surface area contributed by atoms with Gasteiger partial charge in [-0.1, -0.05) is 334 Å².